The topological polar surface area (TPSA) is 20.2 Å². The first-order chi connectivity index (χ1) is 5.96. The van der Waals surface area contributed by atoms with Crippen LogP contribution in [0.25, 0.3) is 0 Å². The molecular formula is C10H13FOS. The smallest absolute Gasteiger partial charge is 0.142 e. The van der Waals surface area contributed by atoms with Gasteiger partial charge in [0.15, 0.2) is 0 Å². The molecule has 1 aromatic carbocycles. The lowest BCUT2D eigenvalue weighted by molar-refractivity contribution is 0.0740. The third kappa shape index (κ3) is 2.23. The summed E-state index contributed by atoms with van der Waals surface area (Å²) in [7, 11) is 0. The standard InChI is InChI=1S/C10H13FOS/c1-10(2,12)7-5-4-6-8(13-3)9(7)11/h4-6,12H,1-3H3. The SMILES string of the molecule is CSc1cccc(C(C)(C)O)c1F. The second-order valence-electron chi connectivity index (χ2n) is 3.38. The van der Waals surface area contributed by atoms with Crippen LogP contribution in [0.5, 0.6) is 0 Å². The Bertz CT molecular complexity index is 304. The number of rotatable bonds is 2. The molecular weight excluding hydrogens is 187 g/mol. The molecule has 0 saturated heterocycles. The van der Waals surface area contributed by atoms with E-state index in [1.165, 1.54) is 11.8 Å². The molecule has 0 fully saturated rings. The molecule has 0 heterocycles. The summed E-state index contributed by atoms with van der Waals surface area (Å²) in [5.74, 6) is -0.317. The van der Waals surface area contributed by atoms with Gasteiger partial charge in [-0.25, -0.2) is 4.39 Å². The number of hydrogen-bond acceptors (Lipinski definition) is 2. The molecule has 0 bridgehead atoms. The van der Waals surface area contributed by atoms with Gasteiger partial charge in [0.25, 0.3) is 0 Å². The average molecular weight is 200 g/mol. The minimum Gasteiger partial charge on any atom is -0.386 e. The zero-order valence-corrected chi connectivity index (χ0v) is 8.78. The van der Waals surface area contributed by atoms with Crippen LogP contribution in [0.3, 0.4) is 0 Å². The third-order valence-corrected chi connectivity index (χ3v) is 2.60. The first-order valence-corrected chi connectivity index (χ1v) is 5.24. The molecule has 0 aliphatic rings. The van der Waals surface area contributed by atoms with E-state index >= 15 is 0 Å². The number of hydrogen-bond donors (Lipinski definition) is 1. The van der Waals surface area contributed by atoms with Crippen molar-refractivity contribution in [2.24, 2.45) is 0 Å². The summed E-state index contributed by atoms with van der Waals surface area (Å²) >= 11 is 1.34. The van der Waals surface area contributed by atoms with Crippen molar-refractivity contribution in [3.05, 3.63) is 29.6 Å². The van der Waals surface area contributed by atoms with E-state index in [2.05, 4.69) is 0 Å². The zero-order valence-electron chi connectivity index (χ0n) is 7.97. The maximum Gasteiger partial charge on any atom is 0.142 e. The van der Waals surface area contributed by atoms with Crippen molar-refractivity contribution in [2.75, 3.05) is 6.26 Å². The Kier molecular flexibility index (Phi) is 2.98. The second kappa shape index (κ2) is 3.68. The van der Waals surface area contributed by atoms with Crippen molar-refractivity contribution in [1.82, 2.24) is 0 Å². The van der Waals surface area contributed by atoms with Crippen LogP contribution < -0.4 is 0 Å². The van der Waals surface area contributed by atoms with E-state index in [0.29, 0.717) is 10.5 Å². The molecule has 0 aromatic heterocycles. The highest BCUT2D eigenvalue weighted by Gasteiger charge is 2.21. The predicted molar refractivity (Wildman–Crippen MR) is 53.4 cm³/mol. The average Bonchev–Trinajstić information content (AvgIpc) is 2.02. The fourth-order valence-electron chi connectivity index (χ4n) is 1.14. The molecule has 1 rings (SSSR count). The Labute approximate surface area is 82.0 Å². The summed E-state index contributed by atoms with van der Waals surface area (Å²) in [6.45, 7) is 3.16. The van der Waals surface area contributed by atoms with E-state index in [1.54, 1.807) is 32.0 Å². The summed E-state index contributed by atoms with van der Waals surface area (Å²) in [5.41, 5.74) is -0.769. The maximum absolute atomic E-state index is 13.6. The minimum atomic E-state index is -1.12. The summed E-state index contributed by atoms with van der Waals surface area (Å²) in [4.78, 5) is 0.569. The minimum absolute atomic E-state index is 0.317. The molecule has 0 spiro atoms. The van der Waals surface area contributed by atoms with Crippen LogP contribution in [-0.4, -0.2) is 11.4 Å². The fraction of sp³-hybridized carbons (Fsp3) is 0.400. The summed E-state index contributed by atoms with van der Waals surface area (Å²) < 4.78 is 13.6. The van der Waals surface area contributed by atoms with Crippen molar-refractivity contribution in [2.45, 2.75) is 24.3 Å². The molecule has 13 heavy (non-hydrogen) atoms. The lowest BCUT2D eigenvalue weighted by Crippen LogP contribution is -2.17. The van der Waals surface area contributed by atoms with Crippen molar-refractivity contribution in [1.29, 1.82) is 0 Å². The van der Waals surface area contributed by atoms with Crippen LogP contribution in [0.15, 0.2) is 23.1 Å². The van der Waals surface area contributed by atoms with Crippen LogP contribution in [-0.2, 0) is 5.60 Å². The first kappa shape index (κ1) is 10.5. The van der Waals surface area contributed by atoms with Gasteiger partial charge in [0.1, 0.15) is 5.82 Å². The van der Waals surface area contributed by atoms with E-state index in [1.807, 2.05) is 6.26 Å². The van der Waals surface area contributed by atoms with Gasteiger partial charge in [-0.2, -0.15) is 0 Å². The van der Waals surface area contributed by atoms with E-state index in [4.69, 9.17) is 0 Å². The molecule has 0 atom stereocenters. The van der Waals surface area contributed by atoms with Gasteiger partial charge in [0.2, 0.25) is 0 Å². The van der Waals surface area contributed by atoms with Gasteiger partial charge in [-0.15, -0.1) is 11.8 Å². The molecule has 0 amide bonds. The molecule has 1 aromatic rings. The Balaban J connectivity index is 3.24. The van der Waals surface area contributed by atoms with Crippen LogP contribution in [0.1, 0.15) is 19.4 Å². The van der Waals surface area contributed by atoms with Gasteiger partial charge in [-0.3, -0.25) is 0 Å². The quantitative estimate of drug-likeness (QED) is 0.741. The highest BCUT2D eigenvalue weighted by atomic mass is 32.2. The Morgan fingerprint density at radius 1 is 1.38 bits per heavy atom. The molecule has 0 aliphatic heterocycles. The van der Waals surface area contributed by atoms with E-state index in [9.17, 15) is 9.50 Å². The van der Waals surface area contributed by atoms with Crippen LogP contribution in [0.4, 0.5) is 4.39 Å². The molecule has 1 N–H and O–H groups in total. The molecule has 0 aliphatic carbocycles. The van der Waals surface area contributed by atoms with Gasteiger partial charge < -0.3 is 5.11 Å². The van der Waals surface area contributed by atoms with Crippen LogP contribution in [0.2, 0.25) is 0 Å². The van der Waals surface area contributed by atoms with Gasteiger partial charge in [0.05, 0.1) is 5.60 Å². The Morgan fingerprint density at radius 3 is 2.46 bits per heavy atom. The largest absolute Gasteiger partial charge is 0.386 e. The van der Waals surface area contributed by atoms with Gasteiger partial charge in [-0.05, 0) is 26.2 Å². The van der Waals surface area contributed by atoms with Gasteiger partial charge in [0, 0.05) is 10.5 Å². The number of benzene rings is 1. The van der Waals surface area contributed by atoms with Crippen LogP contribution in [0, 0.1) is 5.82 Å². The summed E-state index contributed by atoms with van der Waals surface area (Å²) in [6, 6.07) is 5.06. The van der Waals surface area contributed by atoms with Gasteiger partial charge >= 0.3 is 0 Å². The van der Waals surface area contributed by atoms with Crippen molar-refractivity contribution >= 4 is 11.8 Å². The number of thioether (sulfide) groups is 1. The van der Waals surface area contributed by atoms with E-state index < -0.39 is 5.60 Å². The Hall–Kier alpha value is -0.540. The molecule has 0 unspecified atom stereocenters. The van der Waals surface area contributed by atoms with Crippen molar-refractivity contribution in [3.8, 4) is 0 Å². The third-order valence-electron chi connectivity index (χ3n) is 1.84. The molecule has 1 nitrogen and oxygen atoms in total. The molecule has 0 saturated carbocycles. The zero-order chi connectivity index (χ0) is 10.1. The summed E-state index contributed by atoms with van der Waals surface area (Å²) in [5, 5.41) is 9.64. The maximum atomic E-state index is 13.6. The van der Waals surface area contributed by atoms with Crippen LogP contribution >= 0.6 is 11.8 Å². The normalized spacial score (nSPS) is 11.8. The van der Waals surface area contributed by atoms with E-state index in [-0.39, 0.29) is 5.82 Å². The number of aliphatic hydroxyl groups is 1. The first-order valence-electron chi connectivity index (χ1n) is 4.02. The number of halogens is 1. The molecule has 3 heteroatoms. The van der Waals surface area contributed by atoms with Crippen molar-refractivity contribution in [3.63, 3.8) is 0 Å². The highest BCUT2D eigenvalue weighted by molar-refractivity contribution is 7.98. The lowest BCUT2D eigenvalue weighted by atomic mass is 9.98. The van der Waals surface area contributed by atoms with E-state index in [0.717, 1.165) is 0 Å². The van der Waals surface area contributed by atoms with Gasteiger partial charge in [-0.1, -0.05) is 12.1 Å². The lowest BCUT2D eigenvalue weighted by Gasteiger charge is -2.19. The molecule has 72 valence electrons. The monoisotopic (exact) mass is 200 g/mol. The Morgan fingerprint density at radius 2 is 2.00 bits per heavy atom. The molecule has 0 radical (unpaired) electrons. The summed E-state index contributed by atoms with van der Waals surface area (Å²) in [6.07, 6.45) is 1.81. The fourth-order valence-corrected chi connectivity index (χ4v) is 1.64. The second-order valence-corrected chi connectivity index (χ2v) is 4.23. The highest BCUT2D eigenvalue weighted by Crippen LogP contribution is 2.28. The van der Waals surface area contributed by atoms with Crippen molar-refractivity contribution < 1.29 is 9.50 Å². The predicted octanol–water partition coefficient (Wildman–Crippen LogP) is 2.78.